The quantitative estimate of drug-likeness (QED) is 0.728. The summed E-state index contributed by atoms with van der Waals surface area (Å²) in [5.74, 6) is -0.393. The van der Waals surface area contributed by atoms with E-state index in [2.05, 4.69) is 5.32 Å². The van der Waals surface area contributed by atoms with Gasteiger partial charge in [0, 0.05) is 38.3 Å². The molecule has 2 amide bonds. The van der Waals surface area contributed by atoms with E-state index in [0.29, 0.717) is 29.4 Å². The van der Waals surface area contributed by atoms with E-state index in [1.54, 1.807) is 23.1 Å². The number of benzene rings is 2. The summed E-state index contributed by atoms with van der Waals surface area (Å²) in [5.41, 5.74) is 1.09. The van der Waals surface area contributed by atoms with E-state index in [4.69, 9.17) is 16.3 Å². The molecule has 1 saturated heterocycles. The van der Waals surface area contributed by atoms with Gasteiger partial charge in [0.15, 0.2) is 0 Å². The van der Waals surface area contributed by atoms with Crippen LogP contribution in [0.3, 0.4) is 0 Å². The van der Waals surface area contributed by atoms with Crippen LogP contribution in [0.25, 0.3) is 0 Å². The van der Waals surface area contributed by atoms with Gasteiger partial charge in [-0.1, -0.05) is 11.6 Å². The average Bonchev–Trinajstić information content (AvgIpc) is 3.14. The zero-order chi connectivity index (χ0) is 22.1. The molecular formula is C20H22ClN3O5S. The Balaban J connectivity index is 1.92. The van der Waals surface area contributed by atoms with Crippen LogP contribution in [-0.2, 0) is 14.8 Å². The van der Waals surface area contributed by atoms with E-state index < -0.39 is 15.9 Å². The maximum atomic E-state index is 12.8. The minimum atomic E-state index is -3.82. The van der Waals surface area contributed by atoms with Gasteiger partial charge in [-0.2, -0.15) is 0 Å². The molecule has 0 aromatic heterocycles. The average molecular weight is 452 g/mol. The fourth-order valence-electron chi connectivity index (χ4n) is 3.11. The molecule has 1 fully saturated rings. The largest absolute Gasteiger partial charge is 0.495 e. The van der Waals surface area contributed by atoms with Crippen LogP contribution in [-0.4, -0.2) is 52.3 Å². The van der Waals surface area contributed by atoms with Crippen molar-refractivity contribution in [3.05, 3.63) is 47.0 Å². The third-order valence-corrected chi connectivity index (χ3v) is 6.93. The van der Waals surface area contributed by atoms with Crippen molar-refractivity contribution in [2.45, 2.75) is 17.7 Å². The standard InChI is InChI=1S/C20H22ClN3O5S/c1-23(2)30(27,28)18-11-13(6-9-17(18)29-3)20(26)22-16-12-14(7-8-15(16)21)24-10-4-5-19(24)25/h6-9,11-12H,4-5,10H2,1-3H3,(H,22,26). The Hall–Kier alpha value is -2.62. The Morgan fingerprint density at radius 2 is 1.93 bits per heavy atom. The number of ether oxygens (including phenoxy) is 1. The highest BCUT2D eigenvalue weighted by atomic mass is 35.5. The normalized spacial score (nSPS) is 14.3. The zero-order valence-corrected chi connectivity index (χ0v) is 18.4. The van der Waals surface area contributed by atoms with E-state index in [0.717, 1.165) is 10.7 Å². The van der Waals surface area contributed by atoms with Crippen molar-refractivity contribution in [2.75, 3.05) is 38.0 Å². The number of nitrogens with one attached hydrogen (secondary N) is 1. The molecule has 0 spiro atoms. The van der Waals surface area contributed by atoms with Crippen LogP contribution >= 0.6 is 11.6 Å². The summed E-state index contributed by atoms with van der Waals surface area (Å²) in [6.45, 7) is 0.609. The van der Waals surface area contributed by atoms with Crippen molar-refractivity contribution in [1.82, 2.24) is 4.31 Å². The van der Waals surface area contributed by atoms with Crippen molar-refractivity contribution in [2.24, 2.45) is 0 Å². The molecule has 1 heterocycles. The van der Waals surface area contributed by atoms with Gasteiger partial charge in [-0.05, 0) is 42.8 Å². The van der Waals surface area contributed by atoms with E-state index >= 15 is 0 Å². The van der Waals surface area contributed by atoms with E-state index in [9.17, 15) is 18.0 Å². The predicted molar refractivity (Wildman–Crippen MR) is 115 cm³/mol. The van der Waals surface area contributed by atoms with Crippen molar-refractivity contribution in [3.8, 4) is 5.75 Å². The number of sulfonamides is 1. The summed E-state index contributed by atoms with van der Waals surface area (Å²) in [7, 11) is 0.324. The van der Waals surface area contributed by atoms with Crippen LogP contribution in [0.4, 0.5) is 11.4 Å². The fourth-order valence-corrected chi connectivity index (χ4v) is 4.35. The number of nitrogens with zero attached hydrogens (tertiary/aromatic N) is 2. The molecule has 0 saturated carbocycles. The van der Waals surface area contributed by atoms with Crippen LogP contribution < -0.4 is 15.0 Å². The Bertz CT molecular complexity index is 1100. The highest BCUT2D eigenvalue weighted by molar-refractivity contribution is 7.89. The van der Waals surface area contributed by atoms with Gasteiger partial charge < -0.3 is 15.0 Å². The molecule has 0 atom stereocenters. The molecule has 0 aliphatic carbocycles. The number of anilines is 2. The third-order valence-electron chi connectivity index (χ3n) is 4.77. The van der Waals surface area contributed by atoms with Crippen LogP contribution in [0, 0.1) is 0 Å². The number of rotatable bonds is 6. The number of hydrogen-bond acceptors (Lipinski definition) is 5. The van der Waals surface area contributed by atoms with Gasteiger partial charge in [0.05, 0.1) is 17.8 Å². The maximum Gasteiger partial charge on any atom is 0.255 e. The summed E-state index contributed by atoms with van der Waals surface area (Å²) in [6.07, 6.45) is 1.26. The lowest BCUT2D eigenvalue weighted by molar-refractivity contribution is -0.117. The summed E-state index contributed by atoms with van der Waals surface area (Å²) >= 11 is 6.22. The first-order chi connectivity index (χ1) is 14.1. The summed E-state index contributed by atoms with van der Waals surface area (Å²) in [6, 6.07) is 9.09. The first-order valence-electron chi connectivity index (χ1n) is 9.17. The van der Waals surface area contributed by atoms with Crippen LogP contribution in [0.5, 0.6) is 5.75 Å². The maximum absolute atomic E-state index is 12.8. The molecule has 10 heteroatoms. The van der Waals surface area contributed by atoms with E-state index in [-0.39, 0.29) is 22.1 Å². The number of carbonyl (C=O) groups is 2. The SMILES string of the molecule is COc1ccc(C(=O)Nc2cc(N3CCCC3=O)ccc2Cl)cc1S(=O)(=O)N(C)C. The second-order valence-corrected chi connectivity index (χ2v) is 9.45. The summed E-state index contributed by atoms with van der Waals surface area (Å²) < 4.78 is 31.3. The first kappa shape index (κ1) is 22.1. The van der Waals surface area contributed by atoms with Gasteiger partial charge in [-0.15, -0.1) is 0 Å². The van der Waals surface area contributed by atoms with Gasteiger partial charge in [-0.25, -0.2) is 12.7 Å². The molecule has 0 radical (unpaired) electrons. The van der Waals surface area contributed by atoms with Gasteiger partial charge in [-0.3, -0.25) is 9.59 Å². The number of halogens is 1. The van der Waals surface area contributed by atoms with E-state index in [1.807, 2.05) is 0 Å². The molecular weight excluding hydrogens is 430 g/mol. The van der Waals surface area contributed by atoms with Gasteiger partial charge >= 0.3 is 0 Å². The second kappa shape index (κ2) is 8.63. The number of amides is 2. The molecule has 1 aliphatic heterocycles. The number of carbonyl (C=O) groups excluding carboxylic acids is 2. The predicted octanol–water partition coefficient (Wildman–Crippen LogP) is 2.98. The van der Waals surface area contributed by atoms with Crippen LogP contribution in [0.2, 0.25) is 5.02 Å². The molecule has 0 bridgehead atoms. The lowest BCUT2D eigenvalue weighted by Gasteiger charge is -2.18. The minimum absolute atomic E-state index is 0.0169. The van der Waals surface area contributed by atoms with Crippen molar-refractivity contribution in [3.63, 3.8) is 0 Å². The lowest BCUT2D eigenvalue weighted by Crippen LogP contribution is -2.24. The molecule has 8 nitrogen and oxygen atoms in total. The number of methoxy groups -OCH3 is 1. The Kier molecular flexibility index (Phi) is 6.35. The third kappa shape index (κ3) is 4.28. The highest BCUT2D eigenvalue weighted by Crippen LogP contribution is 2.31. The Morgan fingerprint density at radius 1 is 1.20 bits per heavy atom. The van der Waals surface area contributed by atoms with E-state index in [1.165, 1.54) is 39.4 Å². The Morgan fingerprint density at radius 3 is 2.53 bits per heavy atom. The van der Waals surface area contributed by atoms with Crippen molar-refractivity contribution < 1.29 is 22.7 Å². The molecule has 3 rings (SSSR count). The molecule has 2 aromatic carbocycles. The zero-order valence-electron chi connectivity index (χ0n) is 16.8. The highest BCUT2D eigenvalue weighted by Gasteiger charge is 2.25. The van der Waals surface area contributed by atoms with Gasteiger partial charge in [0.25, 0.3) is 5.91 Å². The first-order valence-corrected chi connectivity index (χ1v) is 11.0. The lowest BCUT2D eigenvalue weighted by atomic mass is 10.2. The minimum Gasteiger partial charge on any atom is -0.495 e. The van der Waals surface area contributed by atoms with Gasteiger partial charge in [0.2, 0.25) is 15.9 Å². The van der Waals surface area contributed by atoms with Crippen LogP contribution in [0.1, 0.15) is 23.2 Å². The number of hydrogen-bond donors (Lipinski definition) is 1. The van der Waals surface area contributed by atoms with Crippen LogP contribution in [0.15, 0.2) is 41.3 Å². The topological polar surface area (TPSA) is 96.0 Å². The molecule has 30 heavy (non-hydrogen) atoms. The molecule has 1 N–H and O–H groups in total. The summed E-state index contributed by atoms with van der Waals surface area (Å²) in [4.78, 5) is 26.3. The fraction of sp³-hybridized carbons (Fsp3) is 0.300. The monoisotopic (exact) mass is 451 g/mol. The molecule has 0 unspecified atom stereocenters. The molecule has 160 valence electrons. The van der Waals surface area contributed by atoms with Crippen molar-refractivity contribution in [1.29, 1.82) is 0 Å². The Labute approximate surface area is 180 Å². The second-order valence-electron chi connectivity index (χ2n) is 6.92. The van der Waals surface area contributed by atoms with Gasteiger partial charge in [0.1, 0.15) is 10.6 Å². The molecule has 2 aromatic rings. The molecule has 1 aliphatic rings. The summed E-state index contributed by atoms with van der Waals surface area (Å²) in [5, 5.41) is 2.99. The van der Waals surface area contributed by atoms with Crippen molar-refractivity contribution >= 4 is 44.8 Å². The smallest absolute Gasteiger partial charge is 0.255 e.